The number of aromatic nitrogens is 13. The molecular formula is C100H98FN25O5S. The summed E-state index contributed by atoms with van der Waals surface area (Å²) in [7, 11) is 4.16. The third kappa shape index (κ3) is 20.9. The molecule has 2 fully saturated rings. The van der Waals surface area contributed by atoms with E-state index in [1.54, 1.807) is 104 Å². The summed E-state index contributed by atoms with van der Waals surface area (Å²) in [6, 6.07) is 67.5. The molecule has 0 atom stereocenters. The number of para-hydroxylation sites is 1. The second-order valence-electron chi connectivity index (χ2n) is 32.1. The molecule has 0 aliphatic carbocycles. The van der Waals surface area contributed by atoms with Crippen LogP contribution in [0, 0.1) is 5.82 Å². The summed E-state index contributed by atoms with van der Waals surface area (Å²) in [5, 5.41) is 28.1. The number of carbonyl (C=O) groups excluding carboxylic acids is 3. The van der Waals surface area contributed by atoms with Gasteiger partial charge in [-0.25, -0.2) is 24.3 Å². The molecule has 20 rings (SSSR count). The lowest BCUT2D eigenvalue weighted by Gasteiger charge is -2.38. The van der Waals surface area contributed by atoms with Crippen molar-refractivity contribution < 1.29 is 18.8 Å². The lowest BCUT2D eigenvalue weighted by atomic mass is 10.1. The number of H-pyrrole nitrogens is 3. The highest BCUT2D eigenvalue weighted by Gasteiger charge is 2.23. The van der Waals surface area contributed by atoms with Gasteiger partial charge in [0.25, 0.3) is 17.7 Å². The van der Waals surface area contributed by atoms with Gasteiger partial charge in [0, 0.05) is 251 Å². The fraction of sp³-hybridized carbons (Fsp3) is 0.170. The zero-order chi connectivity index (χ0) is 91.0. The fourth-order valence-corrected chi connectivity index (χ4v) is 16.7. The molecule has 0 bridgehead atoms. The quantitative estimate of drug-likeness (QED) is 0.0238. The molecule has 13 aromatic heterocycles. The number of hydrogen-bond donors (Lipinski definition) is 10. The van der Waals surface area contributed by atoms with E-state index in [2.05, 4.69) is 166 Å². The Hall–Kier alpha value is -16.3. The molecule has 2 aliphatic rings. The number of fused-ring (bicyclic) bond motifs is 4. The number of piperazine rings is 2. The van der Waals surface area contributed by atoms with Crippen molar-refractivity contribution in [2.75, 3.05) is 116 Å². The van der Waals surface area contributed by atoms with E-state index in [0.717, 1.165) is 190 Å². The van der Waals surface area contributed by atoms with E-state index in [0.29, 0.717) is 40.8 Å². The van der Waals surface area contributed by atoms with Gasteiger partial charge in [-0.1, -0.05) is 24.3 Å². The summed E-state index contributed by atoms with van der Waals surface area (Å²) in [4.78, 5) is 99.4. The van der Waals surface area contributed by atoms with Gasteiger partial charge in [0.2, 0.25) is 11.1 Å². The van der Waals surface area contributed by atoms with Crippen LogP contribution >= 0.6 is 11.3 Å². The van der Waals surface area contributed by atoms with Gasteiger partial charge < -0.3 is 67.2 Å². The molecule has 2 aliphatic heterocycles. The van der Waals surface area contributed by atoms with Crippen LogP contribution in [0.25, 0.3) is 67.6 Å². The van der Waals surface area contributed by atoms with E-state index in [4.69, 9.17) is 5.73 Å². The molecule has 18 aromatic rings. The predicted molar refractivity (Wildman–Crippen MR) is 522 cm³/mol. The van der Waals surface area contributed by atoms with Gasteiger partial charge in [-0.3, -0.25) is 56.6 Å². The Morgan fingerprint density at radius 3 is 1.45 bits per heavy atom. The maximum absolute atomic E-state index is 14.9. The van der Waals surface area contributed by atoms with Crippen LogP contribution in [0.1, 0.15) is 56.2 Å². The number of hydrogen-bond acceptors (Lipinski definition) is 21. The predicted octanol–water partition coefficient (Wildman–Crippen LogP) is 16.2. The van der Waals surface area contributed by atoms with Crippen molar-refractivity contribution in [2.45, 2.75) is 32.9 Å². The van der Waals surface area contributed by atoms with Crippen LogP contribution in [-0.2, 0) is 6.54 Å². The number of aromatic amines is 3. The first kappa shape index (κ1) is 87.7. The summed E-state index contributed by atoms with van der Waals surface area (Å²) in [5.41, 5.74) is 27.2. The number of thiophene rings is 1. The summed E-state index contributed by atoms with van der Waals surface area (Å²) in [5.74, 6) is -0.920. The lowest BCUT2D eigenvalue weighted by molar-refractivity contribution is 0.0944. The van der Waals surface area contributed by atoms with Crippen molar-refractivity contribution in [3.05, 3.63) is 353 Å². The first-order valence-corrected chi connectivity index (χ1v) is 44.2. The first-order valence-electron chi connectivity index (χ1n) is 43.4. The second-order valence-corrected chi connectivity index (χ2v) is 33.0. The van der Waals surface area contributed by atoms with Gasteiger partial charge in [0.15, 0.2) is 22.6 Å². The zero-order valence-corrected chi connectivity index (χ0v) is 73.9. The minimum atomic E-state index is -0.406. The number of carbonyl (C=O) groups is 3. The van der Waals surface area contributed by atoms with E-state index in [1.807, 2.05) is 181 Å². The number of amides is 3. The van der Waals surface area contributed by atoms with E-state index in [-0.39, 0.29) is 28.8 Å². The summed E-state index contributed by atoms with van der Waals surface area (Å²) < 4.78 is 22.7. The number of halogens is 1. The third-order valence-corrected chi connectivity index (χ3v) is 24.0. The molecule has 2 saturated heterocycles. The van der Waals surface area contributed by atoms with Crippen molar-refractivity contribution in [3.63, 3.8) is 0 Å². The number of nitrogens with zero attached hydrogens (tertiary/aromatic N) is 15. The minimum Gasteiger partial charge on any atom is -0.375 e. The second kappa shape index (κ2) is 40.8. The highest BCUT2D eigenvalue weighted by Crippen LogP contribution is 2.36. The molecule has 3 amide bonds. The van der Waals surface area contributed by atoms with Crippen LogP contribution in [0.5, 0.6) is 0 Å². The van der Waals surface area contributed by atoms with Crippen molar-refractivity contribution in [1.29, 1.82) is 0 Å². The molecule has 5 aromatic carbocycles. The Kier molecular flexibility index (Phi) is 27.1. The first-order chi connectivity index (χ1) is 64.4. The molecule has 11 N–H and O–H groups in total. The number of nitrogens with two attached hydrogens (primary N) is 1. The molecular weight excluding hydrogens is 1680 g/mol. The minimum absolute atomic E-state index is 0.0910. The van der Waals surface area contributed by atoms with Crippen LogP contribution in [0.3, 0.4) is 0 Å². The molecule has 0 unspecified atom stereocenters. The third-order valence-electron chi connectivity index (χ3n) is 23.1. The van der Waals surface area contributed by atoms with Gasteiger partial charge >= 0.3 is 0 Å². The highest BCUT2D eigenvalue weighted by atomic mass is 32.1. The number of benzene rings is 5. The van der Waals surface area contributed by atoms with Gasteiger partial charge in [0.05, 0.1) is 62.3 Å². The Morgan fingerprint density at radius 2 is 0.970 bits per heavy atom. The highest BCUT2D eigenvalue weighted by molar-refractivity contribution is 7.12. The monoisotopic (exact) mass is 1780 g/mol. The fourth-order valence-electron chi connectivity index (χ4n) is 15.9. The SMILES string of the molecule is CC(C)N1CCN(c2ccc(Nc3ccc(-c4csc(C(N)=O)c4)n4ccnc34)cc2)CC1.CN(CCCNC(=O)c1ccc(Nc2ccc(-c3cc[nH]c(=O)c3)n3ccnc23)cc1)c1ccccc1.CN1CCN(c2ccc(Nc3ccc(-c4cn[nH]c4)n4ccnc34)c(F)c2)CC1.O=C(NCc1cccnc1)c1ccc(Nc2ccc(-c3cc[nH]c(=O)c3)n3ccnc23)cc1. The van der Waals surface area contributed by atoms with Crippen molar-refractivity contribution in [1.82, 2.24) is 83.1 Å². The van der Waals surface area contributed by atoms with E-state index < -0.39 is 5.91 Å². The average Bonchev–Trinajstić information content (AvgIpc) is 1.71. The number of nitrogens with one attached hydrogen (secondary N) is 9. The molecule has 0 spiro atoms. The summed E-state index contributed by atoms with van der Waals surface area (Å²) in [6.07, 6.45) is 25.6. The molecule has 32 heteroatoms. The van der Waals surface area contributed by atoms with Crippen molar-refractivity contribution in [2.24, 2.45) is 5.73 Å². The van der Waals surface area contributed by atoms with Gasteiger partial charge in [-0.05, 0) is 209 Å². The summed E-state index contributed by atoms with van der Waals surface area (Å²) in [6.45, 7) is 14.5. The topological polar surface area (TPSA) is 342 Å². The van der Waals surface area contributed by atoms with Gasteiger partial charge in [0.1, 0.15) is 5.82 Å². The molecule has 30 nitrogen and oxygen atoms in total. The lowest BCUT2D eigenvalue weighted by Crippen LogP contribution is -2.48. The zero-order valence-electron chi connectivity index (χ0n) is 73.0. The van der Waals surface area contributed by atoms with E-state index >= 15 is 0 Å². The molecule has 15 heterocycles. The molecule has 0 saturated carbocycles. The van der Waals surface area contributed by atoms with Crippen LogP contribution < -0.4 is 63.5 Å². The number of primary amides is 1. The van der Waals surface area contributed by atoms with E-state index in [1.165, 1.54) is 17.0 Å². The number of pyridine rings is 7. The average molecular weight is 1780 g/mol. The Labute approximate surface area is 763 Å². The van der Waals surface area contributed by atoms with Crippen molar-refractivity contribution >= 4 is 114 Å². The van der Waals surface area contributed by atoms with Gasteiger partial charge in [-0.15, -0.1) is 11.3 Å². The largest absolute Gasteiger partial charge is 0.375 e. The van der Waals surface area contributed by atoms with Gasteiger partial charge in [-0.2, -0.15) is 5.10 Å². The maximum Gasteiger partial charge on any atom is 0.258 e. The molecule has 0 radical (unpaired) electrons. The normalized spacial score (nSPS) is 12.8. The smallest absolute Gasteiger partial charge is 0.258 e. The Balaban J connectivity index is 0.000000123. The van der Waals surface area contributed by atoms with Crippen LogP contribution in [0.15, 0.2) is 314 Å². The van der Waals surface area contributed by atoms with Crippen LogP contribution in [0.4, 0.5) is 67.0 Å². The number of likely N-dealkylation sites (N-methyl/N-ethyl adjacent to an activating group) is 1. The molecule has 666 valence electrons. The standard InChI is InChI=1S/C29H28N6O2.C25H20N6O2.C25H28N6OS.C21H22FN7/c1-34(24-6-3-2-4-7-24)18-5-15-32-29(37)21-8-10-23(11-9-21)33-25-12-13-26(35-19-17-31-28(25)35)22-14-16-30-27(36)20-22;32-23-14-19(9-11-27-23)22-8-7-21(24-28-12-13-31(22)24)30-20-5-3-18(4-6-20)25(33)29-16-17-2-1-10-26-15-17;1-17(2)29-11-13-30(14-12-29)20-5-3-19(4-6-20)28-21-7-8-22(31-10-9-27-25(21)31)18-15-23(24(26)32)33-16-18;1-27-8-10-28(11-9-27)16-2-3-18(17(22)12-16)26-19-4-5-20(15-13-24-25-14-15)29-7-6-23-21(19)29/h2-4,6-14,16-17,19-20,33H,5,15,18H2,1H3,(H,30,36)(H,32,37);1-15,30H,16H2,(H,27,32)(H,29,33);3-10,15-17,28H,11-14H2,1-2H3,(H2,26,32);2-7,12-14,26H,8-11H2,1H3,(H,24,25). The Bertz CT molecular complexity index is 7120. The van der Waals surface area contributed by atoms with Crippen LogP contribution in [0.2, 0.25) is 0 Å². The van der Waals surface area contributed by atoms with Crippen LogP contribution in [-0.4, -0.2) is 176 Å². The number of imidazole rings is 4. The van der Waals surface area contributed by atoms with E-state index in [9.17, 15) is 28.4 Å². The van der Waals surface area contributed by atoms with Crippen molar-refractivity contribution in [3.8, 4) is 45.0 Å². The Morgan fingerprint density at radius 1 is 0.492 bits per heavy atom. The number of rotatable bonds is 25. The summed E-state index contributed by atoms with van der Waals surface area (Å²) >= 11 is 1.35. The molecule has 132 heavy (non-hydrogen) atoms. The maximum atomic E-state index is 14.9. The number of anilines is 11.